The van der Waals surface area contributed by atoms with Crippen LogP contribution in [-0.4, -0.2) is 12.5 Å². The lowest BCUT2D eigenvalue weighted by Gasteiger charge is -2.13. The number of hydrogen-bond acceptors (Lipinski definition) is 2. The third-order valence-electron chi connectivity index (χ3n) is 3.37. The Labute approximate surface area is 126 Å². The number of ether oxygens (including phenoxy) is 1. The summed E-state index contributed by atoms with van der Waals surface area (Å²) in [7, 11) is 0. The van der Waals surface area contributed by atoms with Crippen LogP contribution in [0, 0.1) is 6.92 Å². The largest absolute Gasteiger partial charge is 0.491 e. The van der Waals surface area contributed by atoms with Gasteiger partial charge in [-0.05, 0) is 46.6 Å². The second-order valence-corrected chi connectivity index (χ2v) is 5.71. The van der Waals surface area contributed by atoms with Gasteiger partial charge in [-0.3, -0.25) is 4.79 Å². The molecule has 1 atom stereocenters. The third-order valence-corrected chi connectivity index (χ3v) is 4.03. The summed E-state index contributed by atoms with van der Waals surface area (Å²) in [4.78, 5) is 12.3. The summed E-state index contributed by atoms with van der Waals surface area (Å²) < 4.78 is 6.38. The highest BCUT2D eigenvalue weighted by molar-refractivity contribution is 9.10. The van der Waals surface area contributed by atoms with E-state index in [9.17, 15) is 4.79 Å². The first-order valence-electron chi connectivity index (χ1n) is 6.44. The number of nitrogens with one attached hydrogen (secondary N) is 1. The molecule has 0 saturated heterocycles. The van der Waals surface area contributed by atoms with Crippen LogP contribution in [0.1, 0.15) is 27.5 Å². The third kappa shape index (κ3) is 2.43. The smallest absolute Gasteiger partial charge is 0.253 e. The van der Waals surface area contributed by atoms with Gasteiger partial charge in [0.05, 0.1) is 11.6 Å². The number of hydrogen-bond donors (Lipinski definition) is 1. The van der Waals surface area contributed by atoms with Crippen LogP contribution in [0.3, 0.4) is 0 Å². The standard InChI is InChI=1S/C16H14BrNO2/c1-10-6-7-11(13(17)8-10)16(19)18-14-9-20-15-5-3-2-4-12(14)15/h2-8,14H,9H2,1H3,(H,18,19). The normalized spacial score (nSPS) is 16.4. The Bertz CT molecular complexity index is 669. The SMILES string of the molecule is Cc1ccc(C(=O)NC2COc3ccccc32)c(Br)c1. The van der Waals surface area contributed by atoms with E-state index < -0.39 is 0 Å². The molecule has 0 radical (unpaired) electrons. The van der Waals surface area contributed by atoms with E-state index in [0.717, 1.165) is 21.3 Å². The molecule has 1 heterocycles. The highest BCUT2D eigenvalue weighted by Crippen LogP contribution is 2.32. The first-order valence-corrected chi connectivity index (χ1v) is 7.23. The molecule has 2 aromatic carbocycles. The number of aryl methyl sites for hydroxylation is 1. The van der Waals surface area contributed by atoms with Gasteiger partial charge in [-0.2, -0.15) is 0 Å². The summed E-state index contributed by atoms with van der Waals surface area (Å²) in [6.45, 7) is 2.47. The Hall–Kier alpha value is -1.81. The van der Waals surface area contributed by atoms with E-state index in [2.05, 4.69) is 21.2 Å². The first kappa shape index (κ1) is 13.2. The van der Waals surface area contributed by atoms with Crippen molar-refractivity contribution >= 4 is 21.8 Å². The highest BCUT2D eigenvalue weighted by atomic mass is 79.9. The van der Waals surface area contributed by atoms with Crippen LogP contribution < -0.4 is 10.1 Å². The van der Waals surface area contributed by atoms with Crippen molar-refractivity contribution in [1.29, 1.82) is 0 Å². The minimum atomic E-state index is -0.0952. The number of carbonyl (C=O) groups excluding carboxylic acids is 1. The average molecular weight is 332 g/mol. The van der Waals surface area contributed by atoms with Gasteiger partial charge in [-0.15, -0.1) is 0 Å². The van der Waals surface area contributed by atoms with Crippen LogP contribution in [0.5, 0.6) is 5.75 Å². The van der Waals surface area contributed by atoms with E-state index in [-0.39, 0.29) is 11.9 Å². The number of para-hydroxylation sites is 1. The van der Waals surface area contributed by atoms with Crippen LogP contribution in [0.4, 0.5) is 0 Å². The van der Waals surface area contributed by atoms with Gasteiger partial charge in [0.1, 0.15) is 12.4 Å². The van der Waals surface area contributed by atoms with E-state index in [1.165, 1.54) is 0 Å². The van der Waals surface area contributed by atoms with Crippen molar-refractivity contribution in [3.63, 3.8) is 0 Å². The predicted octanol–water partition coefficient (Wildman–Crippen LogP) is 3.62. The van der Waals surface area contributed by atoms with Crippen molar-refractivity contribution in [1.82, 2.24) is 5.32 Å². The fourth-order valence-corrected chi connectivity index (χ4v) is 3.00. The molecule has 1 N–H and O–H groups in total. The molecule has 3 rings (SSSR count). The van der Waals surface area contributed by atoms with E-state index in [1.807, 2.05) is 49.4 Å². The molecule has 3 nitrogen and oxygen atoms in total. The minimum absolute atomic E-state index is 0.0908. The lowest BCUT2D eigenvalue weighted by atomic mass is 10.1. The van der Waals surface area contributed by atoms with Crippen molar-refractivity contribution in [2.45, 2.75) is 13.0 Å². The molecule has 0 bridgehead atoms. The van der Waals surface area contributed by atoms with Crippen LogP contribution in [0.2, 0.25) is 0 Å². The van der Waals surface area contributed by atoms with Gasteiger partial charge in [0.25, 0.3) is 5.91 Å². The second-order valence-electron chi connectivity index (χ2n) is 4.86. The minimum Gasteiger partial charge on any atom is -0.491 e. The van der Waals surface area contributed by atoms with Gasteiger partial charge >= 0.3 is 0 Å². The summed E-state index contributed by atoms with van der Waals surface area (Å²) in [5, 5.41) is 3.02. The Morgan fingerprint density at radius 3 is 2.90 bits per heavy atom. The Balaban J connectivity index is 1.81. The zero-order valence-corrected chi connectivity index (χ0v) is 12.6. The number of rotatable bonds is 2. The van der Waals surface area contributed by atoms with Crippen LogP contribution in [0.15, 0.2) is 46.9 Å². The van der Waals surface area contributed by atoms with Gasteiger partial charge in [0.2, 0.25) is 0 Å². The number of halogens is 1. The summed E-state index contributed by atoms with van der Waals surface area (Å²) in [5.41, 5.74) is 2.78. The molecule has 2 aromatic rings. The number of carbonyl (C=O) groups is 1. The molecular weight excluding hydrogens is 318 g/mol. The molecule has 102 valence electrons. The van der Waals surface area contributed by atoms with Crippen molar-refractivity contribution in [2.24, 2.45) is 0 Å². The van der Waals surface area contributed by atoms with E-state index in [4.69, 9.17) is 4.74 Å². The van der Waals surface area contributed by atoms with Gasteiger partial charge in [0, 0.05) is 10.0 Å². The molecular formula is C16H14BrNO2. The lowest BCUT2D eigenvalue weighted by Crippen LogP contribution is -2.29. The van der Waals surface area contributed by atoms with Crippen molar-refractivity contribution in [3.05, 3.63) is 63.6 Å². The molecule has 1 aliphatic heterocycles. The van der Waals surface area contributed by atoms with E-state index >= 15 is 0 Å². The Morgan fingerprint density at radius 2 is 2.10 bits per heavy atom. The van der Waals surface area contributed by atoms with Gasteiger partial charge in [0.15, 0.2) is 0 Å². The maximum Gasteiger partial charge on any atom is 0.253 e. The zero-order valence-electron chi connectivity index (χ0n) is 11.0. The molecule has 0 spiro atoms. The molecule has 0 fully saturated rings. The topological polar surface area (TPSA) is 38.3 Å². The molecule has 0 aromatic heterocycles. The molecule has 1 amide bonds. The first-order chi connectivity index (χ1) is 9.65. The van der Waals surface area contributed by atoms with Crippen molar-refractivity contribution < 1.29 is 9.53 Å². The number of benzene rings is 2. The molecule has 4 heteroatoms. The maximum atomic E-state index is 12.3. The zero-order chi connectivity index (χ0) is 14.1. The summed E-state index contributed by atoms with van der Waals surface area (Å²) in [6.07, 6.45) is 0. The van der Waals surface area contributed by atoms with Crippen LogP contribution >= 0.6 is 15.9 Å². The summed E-state index contributed by atoms with van der Waals surface area (Å²) >= 11 is 3.44. The van der Waals surface area contributed by atoms with E-state index in [0.29, 0.717) is 12.2 Å². The summed E-state index contributed by atoms with van der Waals surface area (Å²) in [5.74, 6) is 0.753. The highest BCUT2D eigenvalue weighted by Gasteiger charge is 2.25. The van der Waals surface area contributed by atoms with Gasteiger partial charge in [-0.1, -0.05) is 24.3 Å². The molecule has 0 saturated carbocycles. The monoisotopic (exact) mass is 331 g/mol. The quantitative estimate of drug-likeness (QED) is 0.912. The van der Waals surface area contributed by atoms with Crippen LogP contribution in [-0.2, 0) is 0 Å². The molecule has 1 unspecified atom stereocenters. The van der Waals surface area contributed by atoms with Crippen molar-refractivity contribution in [2.75, 3.05) is 6.61 Å². The second kappa shape index (κ2) is 5.29. The fourth-order valence-electron chi connectivity index (χ4n) is 2.32. The summed E-state index contributed by atoms with van der Waals surface area (Å²) in [6, 6.07) is 13.4. The van der Waals surface area contributed by atoms with Gasteiger partial charge in [-0.25, -0.2) is 0 Å². The Morgan fingerprint density at radius 1 is 1.30 bits per heavy atom. The van der Waals surface area contributed by atoms with Gasteiger partial charge < -0.3 is 10.1 Å². The predicted molar refractivity (Wildman–Crippen MR) is 81.0 cm³/mol. The van der Waals surface area contributed by atoms with E-state index in [1.54, 1.807) is 0 Å². The molecule has 1 aliphatic rings. The Kier molecular flexibility index (Phi) is 3.49. The fraction of sp³-hybridized carbons (Fsp3) is 0.188. The van der Waals surface area contributed by atoms with Crippen molar-refractivity contribution in [3.8, 4) is 5.75 Å². The number of fused-ring (bicyclic) bond motifs is 1. The number of amides is 1. The van der Waals surface area contributed by atoms with Crippen LogP contribution in [0.25, 0.3) is 0 Å². The maximum absolute atomic E-state index is 12.3. The molecule has 0 aliphatic carbocycles. The lowest BCUT2D eigenvalue weighted by molar-refractivity contribution is 0.0929. The average Bonchev–Trinajstić information content (AvgIpc) is 2.82. The molecule has 20 heavy (non-hydrogen) atoms.